The number of hydrogen-bond donors (Lipinski definition) is 0. The Hall–Kier alpha value is 0.430. The van der Waals surface area contributed by atoms with Crippen molar-refractivity contribution < 1.29 is 0 Å². The van der Waals surface area contributed by atoms with Gasteiger partial charge in [-0.1, -0.05) is 55.9 Å². The van der Waals surface area contributed by atoms with Crippen LogP contribution in [0.3, 0.4) is 0 Å². The third-order valence-electron chi connectivity index (χ3n) is 3.35. The molecule has 0 N–H and O–H groups in total. The summed E-state index contributed by atoms with van der Waals surface area (Å²) in [6.07, 6.45) is 4.04. The molecule has 1 aromatic carbocycles. The maximum atomic E-state index is 6.27. The van der Waals surface area contributed by atoms with Crippen molar-refractivity contribution in [3.05, 3.63) is 33.3 Å². The van der Waals surface area contributed by atoms with Gasteiger partial charge in [-0.25, -0.2) is 0 Å². The van der Waals surface area contributed by atoms with Crippen LogP contribution in [0, 0.1) is 0 Å². The molecule has 1 aromatic rings. The summed E-state index contributed by atoms with van der Waals surface area (Å²) in [7, 11) is 0. The van der Waals surface area contributed by atoms with Gasteiger partial charge in [0.2, 0.25) is 0 Å². The first kappa shape index (κ1) is 13.9. The molecule has 1 aliphatic rings. The third-order valence-corrected chi connectivity index (χ3v) is 4.55. The lowest BCUT2D eigenvalue weighted by atomic mass is 9.91. The van der Waals surface area contributed by atoms with Gasteiger partial charge >= 0.3 is 0 Å². The summed E-state index contributed by atoms with van der Waals surface area (Å²) in [5, 5.41) is 1.88. The van der Waals surface area contributed by atoms with E-state index >= 15 is 0 Å². The van der Waals surface area contributed by atoms with Gasteiger partial charge in [-0.2, -0.15) is 0 Å². The standard InChI is InChI=1S/C13H16Br2ClN/c14-6-7-17(12-2-1-3-12)9-10-4-5-11(15)8-13(10)16/h4-5,8,12H,1-3,6-7,9H2. The van der Waals surface area contributed by atoms with E-state index in [0.29, 0.717) is 0 Å². The molecule has 94 valence electrons. The van der Waals surface area contributed by atoms with Crippen molar-refractivity contribution in [3.8, 4) is 0 Å². The SMILES string of the molecule is Clc1cc(Br)ccc1CN(CCBr)C1CCC1. The lowest BCUT2D eigenvalue weighted by molar-refractivity contribution is 0.128. The van der Waals surface area contributed by atoms with Crippen molar-refractivity contribution in [2.24, 2.45) is 0 Å². The zero-order chi connectivity index (χ0) is 12.3. The van der Waals surface area contributed by atoms with Crippen molar-refractivity contribution in [2.75, 3.05) is 11.9 Å². The third kappa shape index (κ3) is 3.69. The van der Waals surface area contributed by atoms with Gasteiger partial charge in [0.05, 0.1) is 0 Å². The fraction of sp³-hybridized carbons (Fsp3) is 0.538. The largest absolute Gasteiger partial charge is 0.295 e. The topological polar surface area (TPSA) is 3.24 Å². The number of halogens is 3. The quantitative estimate of drug-likeness (QED) is 0.659. The van der Waals surface area contributed by atoms with Crippen molar-refractivity contribution >= 4 is 43.5 Å². The molecule has 0 atom stereocenters. The van der Waals surface area contributed by atoms with Gasteiger partial charge in [0.15, 0.2) is 0 Å². The summed E-state index contributed by atoms with van der Waals surface area (Å²) in [4.78, 5) is 2.54. The molecule has 0 aromatic heterocycles. The molecule has 0 bridgehead atoms. The molecule has 0 heterocycles. The number of alkyl halides is 1. The Bertz CT molecular complexity index is 380. The van der Waals surface area contributed by atoms with Crippen LogP contribution in [0.4, 0.5) is 0 Å². The second-order valence-electron chi connectivity index (χ2n) is 4.48. The monoisotopic (exact) mass is 379 g/mol. The van der Waals surface area contributed by atoms with Crippen LogP contribution in [0.15, 0.2) is 22.7 Å². The second kappa shape index (κ2) is 6.55. The van der Waals surface area contributed by atoms with E-state index in [1.807, 2.05) is 6.07 Å². The Morgan fingerprint density at radius 3 is 2.65 bits per heavy atom. The normalized spacial score (nSPS) is 16.2. The number of hydrogen-bond acceptors (Lipinski definition) is 1. The summed E-state index contributed by atoms with van der Waals surface area (Å²) in [5.41, 5.74) is 1.22. The fourth-order valence-electron chi connectivity index (χ4n) is 2.12. The Labute approximate surface area is 125 Å². The molecule has 0 saturated heterocycles. The van der Waals surface area contributed by atoms with E-state index in [0.717, 1.165) is 34.0 Å². The lowest BCUT2D eigenvalue weighted by Crippen LogP contribution is -2.40. The van der Waals surface area contributed by atoms with Crippen LogP contribution in [0.1, 0.15) is 24.8 Å². The summed E-state index contributed by atoms with van der Waals surface area (Å²) in [5.74, 6) is 0. The van der Waals surface area contributed by atoms with Gasteiger partial charge in [-0.3, -0.25) is 4.90 Å². The molecule has 4 heteroatoms. The number of benzene rings is 1. The van der Waals surface area contributed by atoms with E-state index < -0.39 is 0 Å². The molecule has 1 aliphatic carbocycles. The molecule has 17 heavy (non-hydrogen) atoms. The number of nitrogens with zero attached hydrogens (tertiary/aromatic N) is 1. The average Bonchev–Trinajstić information content (AvgIpc) is 2.20. The minimum absolute atomic E-state index is 0.757. The van der Waals surface area contributed by atoms with Crippen LogP contribution in [0.2, 0.25) is 5.02 Å². The molecule has 1 saturated carbocycles. The predicted molar refractivity (Wildman–Crippen MR) is 81.0 cm³/mol. The molecule has 0 unspecified atom stereocenters. The van der Waals surface area contributed by atoms with Crippen molar-refractivity contribution in [1.82, 2.24) is 4.90 Å². The molecule has 0 aliphatic heterocycles. The molecular formula is C13H16Br2ClN. The van der Waals surface area contributed by atoms with Crippen LogP contribution < -0.4 is 0 Å². The highest BCUT2D eigenvalue weighted by Crippen LogP contribution is 2.28. The van der Waals surface area contributed by atoms with E-state index in [1.165, 1.54) is 24.8 Å². The van der Waals surface area contributed by atoms with Gasteiger partial charge < -0.3 is 0 Å². The average molecular weight is 382 g/mol. The Kier molecular flexibility index (Phi) is 5.34. The van der Waals surface area contributed by atoms with E-state index in [9.17, 15) is 0 Å². The Balaban J connectivity index is 2.05. The molecule has 0 radical (unpaired) electrons. The van der Waals surface area contributed by atoms with E-state index in [4.69, 9.17) is 11.6 Å². The zero-order valence-corrected chi connectivity index (χ0v) is 13.6. The first-order valence-corrected chi connectivity index (χ1v) is 8.24. The highest BCUT2D eigenvalue weighted by Gasteiger charge is 2.24. The highest BCUT2D eigenvalue weighted by atomic mass is 79.9. The van der Waals surface area contributed by atoms with Gasteiger partial charge in [0.1, 0.15) is 0 Å². The molecule has 0 amide bonds. The van der Waals surface area contributed by atoms with Crippen LogP contribution in [0.25, 0.3) is 0 Å². The van der Waals surface area contributed by atoms with Crippen molar-refractivity contribution in [3.63, 3.8) is 0 Å². The first-order valence-electron chi connectivity index (χ1n) is 5.94. The summed E-state index contributed by atoms with van der Waals surface area (Å²) >= 11 is 13.2. The van der Waals surface area contributed by atoms with Gasteiger partial charge in [0.25, 0.3) is 0 Å². The predicted octanol–water partition coefficient (Wildman–Crippen LogP) is 4.85. The molecule has 1 fully saturated rings. The maximum Gasteiger partial charge on any atom is 0.0462 e. The Morgan fingerprint density at radius 2 is 2.12 bits per heavy atom. The lowest BCUT2D eigenvalue weighted by Gasteiger charge is -2.37. The molecular weight excluding hydrogens is 365 g/mol. The van der Waals surface area contributed by atoms with Crippen molar-refractivity contribution in [1.29, 1.82) is 0 Å². The second-order valence-corrected chi connectivity index (χ2v) is 6.60. The van der Waals surface area contributed by atoms with Crippen LogP contribution >= 0.6 is 43.5 Å². The van der Waals surface area contributed by atoms with Crippen LogP contribution in [0.5, 0.6) is 0 Å². The van der Waals surface area contributed by atoms with Crippen LogP contribution in [-0.4, -0.2) is 22.8 Å². The van der Waals surface area contributed by atoms with E-state index in [1.54, 1.807) is 0 Å². The maximum absolute atomic E-state index is 6.27. The first-order chi connectivity index (χ1) is 8.20. The fourth-order valence-corrected chi connectivity index (χ4v) is 3.31. The van der Waals surface area contributed by atoms with Gasteiger partial charge in [-0.05, 0) is 30.5 Å². The molecule has 1 nitrogen and oxygen atoms in total. The smallest absolute Gasteiger partial charge is 0.0462 e. The highest BCUT2D eigenvalue weighted by molar-refractivity contribution is 9.10. The molecule has 2 rings (SSSR count). The van der Waals surface area contributed by atoms with Crippen molar-refractivity contribution in [2.45, 2.75) is 31.8 Å². The summed E-state index contributed by atoms with van der Waals surface area (Å²) < 4.78 is 1.04. The Morgan fingerprint density at radius 1 is 1.35 bits per heavy atom. The van der Waals surface area contributed by atoms with Gasteiger partial charge in [0, 0.05) is 34.0 Å². The summed E-state index contributed by atoms with van der Waals surface area (Å²) in [6, 6.07) is 6.91. The zero-order valence-electron chi connectivity index (χ0n) is 9.63. The van der Waals surface area contributed by atoms with E-state index in [-0.39, 0.29) is 0 Å². The molecule has 0 spiro atoms. The van der Waals surface area contributed by atoms with E-state index in [2.05, 4.69) is 48.9 Å². The minimum Gasteiger partial charge on any atom is -0.295 e. The minimum atomic E-state index is 0.757. The number of rotatable bonds is 5. The van der Waals surface area contributed by atoms with Crippen LogP contribution in [-0.2, 0) is 6.54 Å². The van der Waals surface area contributed by atoms with Gasteiger partial charge in [-0.15, -0.1) is 0 Å². The summed E-state index contributed by atoms with van der Waals surface area (Å²) in [6.45, 7) is 2.05.